The van der Waals surface area contributed by atoms with E-state index >= 15 is 0 Å². The normalized spacial score (nSPS) is 23.7. The van der Waals surface area contributed by atoms with Gasteiger partial charge in [0.2, 0.25) is 5.95 Å². The summed E-state index contributed by atoms with van der Waals surface area (Å²) in [4.78, 5) is 7.75. The highest BCUT2D eigenvalue weighted by atomic mass is 15.3. The number of aryl methyl sites for hydroxylation is 1. The standard InChI is InChI=1S/C27H33N3/c1-27(2,3)20-14-16-21(17-15-20)30(24-18-13-19-9-5-6-10-22(19)24)26-28-23-11-7-8-12-25(23)29(26)4/h5-13,18,20-21,24H,14-17H2,1-4H3. The van der Waals surface area contributed by atoms with E-state index in [2.05, 4.69) is 98.0 Å². The predicted octanol–water partition coefficient (Wildman–Crippen LogP) is 6.75. The van der Waals surface area contributed by atoms with E-state index in [0.29, 0.717) is 11.5 Å². The summed E-state index contributed by atoms with van der Waals surface area (Å²) < 4.78 is 2.29. The number of aromatic nitrogens is 2. The maximum Gasteiger partial charge on any atom is 0.207 e. The van der Waals surface area contributed by atoms with E-state index in [1.165, 1.54) is 42.3 Å². The molecule has 0 saturated heterocycles. The highest BCUT2D eigenvalue weighted by molar-refractivity contribution is 5.79. The number of nitrogens with zero attached hydrogens (tertiary/aromatic N) is 3. The lowest BCUT2D eigenvalue weighted by atomic mass is 9.71. The number of rotatable bonds is 3. The van der Waals surface area contributed by atoms with Gasteiger partial charge in [-0.25, -0.2) is 4.98 Å². The monoisotopic (exact) mass is 399 g/mol. The summed E-state index contributed by atoms with van der Waals surface area (Å²) in [5, 5.41) is 0. The van der Waals surface area contributed by atoms with Gasteiger partial charge in [0, 0.05) is 13.1 Å². The van der Waals surface area contributed by atoms with Crippen LogP contribution in [-0.2, 0) is 7.05 Å². The van der Waals surface area contributed by atoms with Gasteiger partial charge < -0.3 is 9.47 Å². The highest BCUT2D eigenvalue weighted by Crippen LogP contribution is 2.44. The number of fused-ring (bicyclic) bond motifs is 2. The molecule has 1 aromatic heterocycles. The Hall–Kier alpha value is -2.55. The minimum absolute atomic E-state index is 0.257. The molecule has 1 saturated carbocycles. The number of hydrogen-bond donors (Lipinski definition) is 0. The van der Waals surface area contributed by atoms with E-state index < -0.39 is 0 Å². The molecule has 0 aliphatic heterocycles. The van der Waals surface area contributed by atoms with E-state index in [4.69, 9.17) is 4.98 Å². The minimum Gasteiger partial charge on any atom is -0.329 e. The van der Waals surface area contributed by atoms with E-state index in [-0.39, 0.29) is 6.04 Å². The second-order valence-corrected chi connectivity index (χ2v) is 10.2. The smallest absolute Gasteiger partial charge is 0.207 e. The first kappa shape index (κ1) is 19.4. The molecule has 156 valence electrons. The van der Waals surface area contributed by atoms with Gasteiger partial charge in [-0.1, -0.05) is 69.3 Å². The minimum atomic E-state index is 0.257. The molecule has 0 radical (unpaired) electrons. The highest BCUT2D eigenvalue weighted by Gasteiger charge is 2.37. The van der Waals surface area contributed by atoms with Crippen molar-refractivity contribution in [2.75, 3.05) is 4.90 Å². The van der Waals surface area contributed by atoms with Crippen LogP contribution in [0.2, 0.25) is 0 Å². The molecule has 3 aromatic rings. The maximum absolute atomic E-state index is 5.13. The van der Waals surface area contributed by atoms with Crippen molar-refractivity contribution >= 4 is 23.1 Å². The van der Waals surface area contributed by atoms with Crippen molar-refractivity contribution in [2.45, 2.75) is 58.5 Å². The summed E-state index contributed by atoms with van der Waals surface area (Å²) in [5.41, 5.74) is 5.43. The van der Waals surface area contributed by atoms with Gasteiger partial charge in [0.25, 0.3) is 0 Å². The lowest BCUT2D eigenvalue weighted by molar-refractivity contribution is 0.165. The van der Waals surface area contributed by atoms with Crippen LogP contribution in [0.3, 0.4) is 0 Å². The van der Waals surface area contributed by atoms with Crippen LogP contribution in [0.25, 0.3) is 17.1 Å². The van der Waals surface area contributed by atoms with E-state index in [0.717, 1.165) is 17.4 Å². The average molecular weight is 400 g/mol. The summed E-state index contributed by atoms with van der Waals surface area (Å²) in [6.07, 6.45) is 9.73. The number of anilines is 1. The Bertz CT molecular complexity index is 1080. The fraction of sp³-hybridized carbons (Fsp3) is 0.444. The van der Waals surface area contributed by atoms with Gasteiger partial charge in [-0.2, -0.15) is 0 Å². The molecule has 3 heteroatoms. The number of para-hydroxylation sites is 2. The third-order valence-corrected chi connectivity index (χ3v) is 7.38. The summed E-state index contributed by atoms with van der Waals surface area (Å²) >= 11 is 0. The van der Waals surface area contributed by atoms with Crippen molar-refractivity contribution in [1.82, 2.24) is 9.55 Å². The molecule has 1 atom stereocenters. The molecule has 0 amide bonds. The number of imidazole rings is 1. The summed E-state index contributed by atoms with van der Waals surface area (Å²) in [7, 11) is 2.17. The van der Waals surface area contributed by atoms with Crippen LogP contribution in [0.1, 0.15) is 63.6 Å². The van der Waals surface area contributed by atoms with Gasteiger partial charge in [0.15, 0.2) is 0 Å². The Kier molecular flexibility index (Phi) is 4.72. The topological polar surface area (TPSA) is 21.1 Å². The average Bonchev–Trinajstić information content (AvgIpc) is 3.31. The number of benzene rings is 2. The SMILES string of the molecule is Cn1c(N(C2CCC(C(C)(C)C)CC2)C2C=Cc3ccccc32)nc2ccccc21. The Labute approximate surface area is 180 Å². The molecule has 0 spiro atoms. The third-order valence-electron chi connectivity index (χ3n) is 7.38. The third kappa shape index (κ3) is 3.25. The Balaban J connectivity index is 1.55. The van der Waals surface area contributed by atoms with E-state index in [9.17, 15) is 0 Å². The van der Waals surface area contributed by atoms with Crippen molar-refractivity contribution in [3.63, 3.8) is 0 Å². The molecule has 0 bridgehead atoms. The molecule has 1 heterocycles. The Morgan fingerprint density at radius 3 is 2.37 bits per heavy atom. The second kappa shape index (κ2) is 7.30. The zero-order chi connectivity index (χ0) is 20.9. The molecule has 2 aliphatic carbocycles. The molecular weight excluding hydrogens is 366 g/mol. The summed E-state index contributed by atoms with van der Waals surface area (Å²) in [6, 6.07) is 18.1. The molecule has 0 N–H and O–H groups in total. The Morgan fingerprint density at radius 1 is 0.933 bits per heavy atom. The zero-order valence-corrected chi connectivity index (χ0v) is 18.7. The zero-order valence-electron chi connectivity index (χ0n) is 18.7. The second-order valence-electron chi connectivity index (χ2n) is 10.2. The first-order chi connectivity index (χ1) is 14.4. The van der Waals surface area contributed by atoms with E-state index in [1.54, 1.807) is 0 Å². The lowest BCUT2D eigenvalue weighted by Crippen LogP contribution is -2.42. The summed E-state index contributed by atoms with van der Waals surface area (Å²) in [6.45, 7) is 7.20. The van der Waals surface area contributed by atoms with Crippen molar-refractivity contribution in [1.29, 1.82) is 0 Å². The molecule has 1 unspecified atom stereocenters. The lowest BCUT2D eigenvalue weighted by Gasteiger charge is -2.43. The Morgan fingerprint density at radius 2 is 1.63 bits per heavy atom. The van der Waals surface area contributed by atoms with Crippen LogP contribution in [0, 0.1) is 11.3 Å². The van der Waals surface area contributed by atoms with Crippen molar-refractivity contribution in [3.8, 4) is 0 Å². The van der Waals surface area contributed by atoms with Crippen LogP contribution in [0.5, 0.6) is 0 Å². The molecular formula is C27H33N3. The molecule has 2 aliphatic rings. The maximum atomic E-state index is 5.13. The van der Waals surface area contributed by atoms with Crippen molar-refractivity contribution in [3.05, 3.63) is 65.7 Å². The summed E-state index contributed by atoms with van der Waals surface area (Å²) in [5.74, 6) is 1.91. The van der Waals surface area contributed by atoms with Crippen LogP contribution in [0.4, 0.5) is 5.95 Å². The molecule has 5 rings (SSSR count). The van der Waals surface area contributed by atoms with Gasteiger partial charge in [-0.3, -0.25) is 0 Å². The van der Waals surface area contributed by atoms with Crippen LogP contribution in [0.15, 0.2) is 54.6 Å². The molecule has 1 fully saturated rings. The van der Waals surface area contributed by atoms with Gasteiger partial charge in [0.05, 0.1) is 17.1 Å². The van der Waals surface area contributed by atoms with Crippen LogP contribution in [-0.4, -0.2) is 15.6 Å². The van der Waals surface area contributed by atoms with Crippen molar-refractivity contribution < 1.29 is 0 Å². The molecule has 2 aromatic carbocycles. The first-order valence-corrected chi connectivity index (χ1v) is 11.4. The van der Waals surface area contributed by atoms with Crippen molar-refractivity contribution in [2.24, 2.45) is 18.4 Å². The fourth-order valence-electron chi connectivity index (χ4n) is 5.57. The van der Waals surface area contributed by atoms with Crippen LogP contribution >= 0.6 is 0 Å². The molecule has 3 nitrogen and oxygen atoms in total. The van der Waals surface area contributed by atoms with Gasteiger partial charge in [0.1, 0.15) is 0 Å². The largest absolute Gasteiger partial charge is 0.329 e. The van der Waals surface area contributed by atoms with Gasteiger partial charge in [-0.15, -0.1) is 0 Å². The predicted molar refractivity (Wildman–Crippen MR) is 127 cm³/mol. The first-order valence-electron chi connectivity index (χ1n) is 11.4. The fourth-order valence-corrected chi connectivity index (χ4v) is 5.57. The van der Waals surface area contributed by atoms with Gasteiger partial charge >= 0.3 is 0 Å². The molecule has 30 heavy (non-hydrogen) atoms. The van der Waals surface area contributed by atoms with Gasteiger partial charge in [-0.05, 0) is 60.3 Å². The van der Waals surface area contributed by atoms with Crippen LogP contribution < -0.4 is 4.90 Å². The quantitative estimate of drug-likeness (QED) is 0.485. The van der Waals surface area contributed by atoms with E-state index in [1.807, 2.05) is 0 Å². The number of hydrogen-bond acceptors (Lipinski definition) is 2.